The Kier molecular flexibility index (Phi) is 13.4. The van der Waals surface area contributed by atoms with E-state index in [-0.39, 0.29) is 48.7 Å². The predicted molar refractivity (Wildman–Crippen MR) is 240 cm³/mol. The second kappa shape index (κ2) is 19.5. The van der Waals surface area contributed by atoms with Crippen LogP contribution in [0.5, 0.6) is 0 Å². The highest BCUT2D eigenvalue weighted by Crippen LogP contribution is 2.35. The first-order chi connectivity index (χ1) is 31.4. The molecular weight excluding hydrogens is 833 g/mol. The Labute approximate surface area is 376 Å². The van der Waals surface area contributed by atoms with Crippen LogP contribution in [0, 0.1) is 11.8 Å². The molecule has 18 heteroatoms. The van der Waals surface area contributed by atoms with Gasteiger partial charge in [0.25, 0.3) is 0 Å². The molecule has 0 spiro atoms. The lowest BCUT2D eigenvalue weighted by atomic mass is 9.90. The van der Waals surface area contributed by atoms with Gasteiger partial charge in [-0.25, -0.2) is 24.5 Å². The molecule has 342 valence electrons. The number of carbonyl (C=O) groups is 5. The van der Waals surface area contributed by atoms with E-state index in [1.165, 1.54) is 21.1 Å². The molecule has 0 aliphatic carbocycles. The average molecular weight is 889 g/mol. The number of methoxy groups -OCH3 is 2. The molecule has 18 nitrogen and oxygen atoms in total. The Balaban J connectivity index is 0.957. The molecule has 3 aliphatic rings. The number of hydrogen-bond acceptors (Lipinski definition) is 11. The van der Waals surface area contributed by atoms with Gasteiger partial charge in [0.05, 0.1) is 55.3 Å². The molecule has 4 unspecified atom stereocenters. The molecule has 4 N–H and O–H groups in total. The maximum absolute atomic E-state index is 14.0. The number of amides is 5. The highest BCUT2D eigenvalue weighted by atomic mass is 16.5. The normalized spacial score (nSPS) is 19.0. The second-order valence-corrected chi connectivity index (χ2v) is 17.2. The van der Waals surface area contributed by atoms with E-state index in [0.717, 1.165) is 57.5 Å². The number of fused-ring (bicyclic) bond motifs is 1. The van der Waals surface area contributed by atoms with Crippen LogP contribution < -0.4 is 10.6 Å². The van der Waals surface area contributed by atoms with Gasteiger partial charge in [0.2, 0.25) is 17.7 Å². The number of piperazine rings is 1. The topological polar surface area (TPSA) is 217 Å². The number of pyridine rings is 1. The molecule has 8 rings (SSSR count). The quantitative estimate of drug-likeness (QED) is 0.128. The first-order valence-corrected chi connectivity index (χ1v) is 22.2. The van der Waals surface area contributed by atoms with E-state index in [2.05, 4.69) is 31.7 Å². The van der Waals surface area contributed by atoms with Gasteiger partial charge in [-0.3, -0.25) is 14.4 Å². The minimum absolute atomic E-state index is 0.0444. The second-order valence-electron chi connectivity index (χ2n) is 17.2. The van der Waals surface area contributed by atoms with E-state index in [1.807, 2.05) is 67.3 Å². The molecular formula is C47H56N10O8. The van der Waals surface area contributed by atoms with Gasteiger partial charge < -0.3 is 49.5 Å². The number of nitrogens with one attached hydrogen (secondary N) is 4. The van der Waals surface area contributed by atoms with Crippen molar-refractivity contribution < 1.29 is 38.2 Å². The zero-order valence-corrected chi connectivity index (χ0v) is 37.3. The zero-order chi connectivity index (χ0) is 45.8. The molecule has 5 aromatic rings. The molecule has 0 bridgehead atoms. The average Bonchev–Trinajstić information content (AvgIpc) is 4.14. The van der Waals surface area contributed by atoms with Crippen molar-refractivity contribution in [2.75, 3.05) is 53.6 Å². The Morgan fingerprint density at radius 1 is 0.738 bits per heavy atom. The Hall–Kier alpha value is -6.82. The van der Waals surface area contributed by atoms with Gasteiger partial charge in [0.15, 0.2) is 0 Å². The van der Waals surface area contributed by atoms with Crippen LogP contribution in [0.2, 0.25) is 0 Å². The monoisotopic (exact) mass is 888 g/mol. The van der Waals surface area contributed by atoms with E-state index >= 15 is 0 Å². The van der Waals surface area contributed by atoms with Crippen molar-refractivity contribution in [3.63, 3.8) is 0 Å². The highest BCUT2D eigenvalue weighted by molar-refractivity contribution is 5.88. The third kappa shape index (κ3) is 9.67. The number of imidazole rings is 2. The molecule has 0 saturated carbocycles. The number of likely N-dealkylation sites (tertiary alicyclic amines) is 1. The van der Waals surface area contributed by atoms with Gasteiger partial charge in [-0.1, -0.05) is 50.2 Å². The Morgan fingerprint density at radius 2 is 1.37 bits per heavy atom. The third-order valence-corrected chi connectivity index (χ3v) is 12.8. The van der Waals surface area contributed by atoms with Gasteiger partial charge >= 0.3 is 12.2 Å². The van der Waals surface area contributed by atoms with Crippen molar-refractivity contribution in [1.82, 2.24) is 50.3 Å². The number of nitrogens with zero attached hydrogens (tertiary/aromatic N) is 6. The number of ether oxygens (including phenoxy) is 3. The molecule has 3 fully saturated rings. The predicted octanol–water partition coefficient (Wildman–Crippen LogP) is 5.61. The van der Waals surface area contributed by atoms with E-state index < -0.39 is 30.3 Å². The Morgan fingerprint density at radius 3 is 2.05 bits per heavy atom. The summed E-state index contributed by atoms with van der Waals surface area (Å²) >= 11 is 0. The molecule has 4 atom stereocenters. The number of aromatic nitrogens is 5. The minimum Gasteiger partial charge on any atom is -0.453 e. The van der Waals surface area contributed by atoms with Crippen molar-refractivity contribution in [3.8, 4) is 33.8 Å². The third-order valence-electron chi connectivity index (χ3n) is 12.8. The van der Waals surface area contributed by atoms with Crippen molar-refractivity contribution in [2.45, 2.75) is 70.6 Å². The summed E-state index contributed by atoms with van der Waals surface area (Å²) in [4.78, 5) is 91.3. The van der Waals surface area contributed by atoms with Crippen molar-refractivity contribution >= 4 is 40.8 Å². The van der Waals surface area contributed by atoms with E-state index in [4.69, 9.17) is 24.2 Å². The smallest absolute Gasteiger partial charge is 0.407 e. The van der Waals surface area contributed by atoms with Crippen molar-refractivity contribution in [3.05, 3.63) is 78.6 Å². The minimum atomic E-state index is -0.819. The molecule has 5 amide bonds. The number of aromatic amines is 2. The van der Waals surface area contributed by atoms with Gasteiger partial charge in [0.1, 0.15) is 29.8 Å². The number of benzene rings is 2. The highest BCUT2D eigenvalue weighted by Gasteiger charge is 2.41. The van der Waals surface area contributed by atoms with Crippen molar-refractivity contribution in [2.24, 2.45) is 11.8 Å². The largest absolute Gasteiger partial charge is 0.453 e. The lowest BCUT2D eigenvalue weighted by Crippen LogP contribution is -2.58. The standard InChI is InChI=1S/C47H56N10O8/c1-27(2)40(53-46(61)63-4)44(59)57-20-19-55(28(3)58)26-39(57)43-49-24-36(51-43)30-10-8-29(9-11-30)34-14-12-32-23-33(13-15-35(32)50-34)37-25-48-42(52-37)38-7-6-18-56(38)45(60)41(54-47(62)64-5)31-16-21-65-22-17-31/h8-15,23-25,27,31,38-41H,6-7,16-22,26H2,1-5H3,(H,48,52)(H,49,51)(H,53,61)(H,54,62). The van der Waals surface area contributed by atoms with Gasteiger partial charge in [-0.05, 0) is 61.3 Å². The SMILES string of the molecule is COC(=O)NC(C(=O)N1CCN(C(C)=O)CC1c1ncc(-c2ccc(-c3ccc4cc(-c5cnc(C6CCCN6C(=O)C(NC(=O)OC)C6CCOCC6)[nH]5)ccc4n3)cc2)[nH]1)C(C)C. The number of alkyl carbamates (subject to hydrolysis) is 2. The van der Waals surface area contributed by atoms with Crippen molar-refractivity contribution in [1.29, 1.82) is 0 Å². The van der Waals surface area contributed by atoms with Crippen LogP contribution in [0.15, 0.2) is 67.0 Å². The number of H-pyrrole nitrogens is 2. The lowest BCUT2D eigenvalue weighted by molar-refractivity contribution is -0.144. The summed E-state index contributed by atoms with van der Waals surface area (Å²) in [5.74, 6) is 0.482. The maximum Gasteiger partial charge on any atom is 0.407 e. The molecule has 6 heterocycles. The van der Waals surface area contributed by atoms with Gasteiger partial charge in [0, 0.05) is 62.8 Å². The summed E-state index contributed by atoms with van der Waals surface area (Å²) < 4.78 is 15.2. The summed E-state index contributed by atoms with van der Waals surface area (Å²) in [6.07, 6.45) is 5.14. The van der Waals surface area contributed by atoms with Crippen LogP contribution in [0.25, 0.3) is 44.7 Å². The summed E-state index contributed by atoms with van der Waals surface area (Å²) in [5.41, 5.74) is 5.94. The fourth-order valence-corrected chi connectivity index (χ4v) is 9.13. The van der Waals surface area contributed by atoms with E-state index in [9.17, 15) is 24.0 Å². The molecule has 3 aromatic heterocycles. The van der Waals surface area contributed by atoms with Crippen LogP contribution in [0.3, 0.4) is 0 Å². The first-order valence-electron chi connectivity index (χ1n) is 22.2. The van der Waals surface area contributed by atoms with Crippen LogP contribution in [0.1, 0.15) is 70.2 Å². The van der Waals surface area contributed by atoms with E-state index in [0.29, 0.717) is 50.8 Å². The summed E-state index contributed by atoms with van der Waals surface area (Å²) in [5, 5.41) is 6.43. The number of hydrogen-bond donors (Lipinski definition) is 4. The summed E-state index contributed by atoms with van der Waals surface area (Å²) in [7, 11) is 2.56. The lowest BCUT2D eigenvalue weighted by Gasteiger charge is -2.42. The molecule has 3 aliphatic heterocycles. The van der Waals surface area contributed by atoms with Gasteiger partial charge in [-0.2, -0.15) is 0 Å². The first kappa shape index (κ1) is 44.8. The summed E-state index contributed by atoms with van der Waals surface area (Å²) in [6, 6.07) is 15.7. The van der Waals surface area contributed by atoms with Crippen LogP contribution in [-0.4, -0.2) is 135 Å². The molecule has 2 aromatic carbocycles. The van der Waals surface area contributed by atoms with Crippen LogP contribution in [0.4, 0.5) is 9.59 Å². The number of rotatable bonds is 11. The summed E-state index contributed by atoms with van der Waals surface area (Å²) in [6.45, 7) is 7.79. The molecule has 0 radical (unpaired) electrons. The maximum atomic E-state index is 14.0. The zero-order valence-electron chi connectivity index (χ0n) is 37.3. The fourth-order valence-electron chi connectivity index (χ4n) is 9.13. The van der Waals surface area contributed by atoms with Crippen LogP contribution in [-0.2, 0) is 28.6 Å². The van der Waals surface area contributed by atoms with Gasteiger partial charge in [-0.15, -0.1) is 0 Å². The molecule has 3 saturated heterocycles. The fraction of sp³-hybridized carbons (Fsp3) is 0.447. The number of carbonyl (C=O) groups excluding carboxylic acids is 5. The van der Waals surface area contributed by atoms with E-state index in [1.54, 1.807) is 22.2 Å². The van der Waals surface area contributed by atoms with Crippen LogP contribution >= 0.6 is 0 Å². The Bertz CT molecular complexity index is 2530. The molecule has 65 heavy (non-hydrogen) atoms.